The molecule has 0 saturated carbocycles. The number of rotatable bonds is 3. The van der Waals surface area contributed by atoms with Crippen molar-refractivity contribution >= 4 is 11.4 Å². The minimum atomic E-state index is -0.892. The van der Waals surface area contributed by atoms with E-state index in [-0.39, 0.29) is 16.8 Å². The molecule has 0 spiro atoms. The van der Waals surface area contributed by atoms with E-state index >= 15 is 0 Å². The van der Waals surface area contributed by atoms with Crippen molar-refractivity contribution in [3.05, 3.63) is 23.8 Å². The lowest BCUT2D eigenvalue weighted by molar-refractivity contribution is 0.150. The van der Waals surface area contributed by atoms with Crippen LogP contribution in [0.1, 0.15) is 19.8 Å². The second-order valence-corrected chi connectivity index (χ2v) is 5.79. The number of anilines is 2. The number of nitrogens with two attached hydrogens (primary N) is 1. The summed E-state index contributed by atoms with van der Waals surface area (Å²) in [6, 6.07) is 2.44. The van der Waals surface area contributed by atoms with Crippen LogP contribution in [0.4, 0.5) is 20.2 Å². The Balaban J connectivity index is 2.05. The zero-order chi connectivity index (χ0) is 14.0. The molecular weight excluding hydrogens is 248 g/mol. The number of hydrogen-bond donors (Lipinski definition) is 2. The minimum Gasteiger partial charge on any atom is -0.397 e. The summed E-state index contributed by atoms with van der Waals surface area (Å²) in [5.41, 5.74) is 6.12. The molecule has 0 amide bonds. The molecule has 1 aliphatic heterocycles. The van der Waals surface area contributed by atoms with E-state index in [0.717, 1.165) is 32.0 Å². The highest BCUT2D eigenvalue weighted by molar-refractivity contribution is 5.66. The third kappa shape index (κ3) is 3.15. The lowest BCUT2D eigenvalue weighted by Gasteiger charge is -2.38. The van der Waals surface area contributed by atoms with Gasteiger partial charge in [0.15, 0.2) is 11.6 Å². The van der Waals surface area contributed by atoms with E-state index in [2.05, 4.69) is 24.2 Å². The van der Waals surface area contributed by atoms with Crippen LogP contribution in [0.3, 0.4) is 0 Å². The molecule has 0 aromatic heterocycles. The molecule has 1 aromatic carbocycles. The van der Waals surface area contributed by atoms with Crippen molar-refractivity contribution in [3.63, 3.8) is 0 Å². The molecule has 0 unspecified atom stereocenters. The molecule has 0 atom stereocenters. The van der Waals surface area contributed by atoms with E-state index in [1.165, 1.54) is 6.07 Å². The quantitative estimate of drug-likeness (QED) is 0.829. The Hall–Kier alpha value is -1.36. The predicted molar refractivity (Wildman–Crippen MR) is 74.1 cm³/mol. The van der Waals surface area contributed by atoms with Gasteiger partial charge in [0.25, 0.3) is 0 Å². The molecule has 1 heterocycles. The highest BCUT2D eigenvalue weighted by Crippen LogP contribution is 2.32. The summed E-state index contributed by atoms with van der Waals surface area (Å²) in [4.78, 5) is 2.28. The van der Waals surface area contributed by atoms with Gasteiger partial charge in [0, 0.05) is 6.54 Å². The standard InChI is InChI=1S/C14H21F2N3/c1-14(5-7-19(2)8-6-14)9-18-13-11(17)4-3-10(15)12(13)16/h3-4,18H,5-9,17H2,1-2H3. The fourth-order valence-electron chi connectivity index (χ4n) is 2.38. The average Bonchev–Trinajstić information content (AvgIpc) is 2.38. The fourth-order valence-corrected chi connectivity index (χ4v) is 2.38. The molecule has 0 aliphatic carbocycles. The van der Waals surface area contributed by atoms with Crippen LogP contribution >= 0.6 is 0 Å². The minimum absolute atomic E-state index is 0.0835. The number of nitrogen functional groups attached to an aromatic ring is 1. The zero-order valence-corrected chi connectivity index (χ0v) is 11.5. The second kappa shape index (κ2) is 5.33. The van der Waals surface area contributed by atoms with Gasteiger partial charge in [-0.2, -0.15) is 0 Å². The second-order valence-electron chi connectivity index (χ2n) is 5.79. The van der Waals surface area contributed by atoms with Crippen LogP contribution in [0, 0.1) is 17.0 Å². The van der Waals surface area contributed by atoms with Gasteiger partial charge in [-0.3, -0.25) is 0 Å². The van der Waals surface area contributed by atoms with E-state index in [4.69, 9.17) is 5.73 Å². The molecule has 1 saturated heterocycles. The molecule has 0 radical (unpaired) electrons. The Morgan fingerprint density at radius 3 is 2.58 bits per heavy atom. The Morgan fingerprint density at radius 2 is 1.95 bits per heavy atom. The smallest absolute Gasteiger partial charge is 0.183 e. The number of piperidine rings is 1. The predicted octanol–water partition coefficient (Wildman–Crippen LogP) is 2.69. The highest BCUT2D eigenvalue weighted by Gasteiger charge is 2.29. The van der Waals surface area contributed by atoms with E-state index in [1.807, 2.05) is 0 Å². The number of nitrogens with zero attached hydrogens (tertiary/aromatic N) is 1. The molecule has 3 nitrogen and oxygen atoms in total. The van der Waals surface area contributed by atoms with Crippen molar-refractivity contribution in [2.45, 2.75) is 19.8 Å². The van der Waals surface area contributed by atoms with Gasteiger partial charge >= 0.3 is 0 Å². The van der Waals surface area contributed by atoms with Gasteiger partial charge < -0.3 is 16.0 Å². The van der Waals surface area contributed by atoms with Gasteiger partial charge in [-0.15, -0.1) is 0 Å². The molecule has 1 aromatic rings. The monoisotopic (exact) mass is 269 g/mol. The third-order valence-electron chi connectivity index (χ3n) is 4.01. The van der Waals surface area contributed by atoms with Crippen LogP contribution in [-0.4, -0.2) is 31.6 Å². The normalized spacial score (nSPS) is 19.4. The summed E-state index contributed by atoms with van der Waals surface area (Å²) >= 11 is 0. The van der Waals surface area contributed by atoms with E-state index < -0.39 is 11.6 Å². The number of halogens is 2. The van der Waals surface area contributed by atoms with Crippen LogP contribution in [0.2, 0.25) is 0 Å². The number of likely N-dealkylation sites (tertiary alicyclic amines) is 1. The summed E-state index contributed by atoms with van der Waals surface area (Å²) in [5.74, 6) is -1.76. The van der Waals surface area contributed by atoms with Crippen LogP contribution in [0.5, 0.6) is 0 Å². The first kappa shape index (κ1) is 14.1. The summed E-state index contributed by atoms with van der Waals surface area (Å²) < 4.78 is 26.9. The molecular formula is C14H21F2N3. The zero-order valence-electron chi connectivity index (χ0n) is 11.5. The lowest BCUT2D eigenvalue weighted by atomic mass is 9.80. The largest absolute Gasteiger partial charge is 0.397 e. The maximum atomic E-state index is 13.7. The first-order valence-corrected chi connectivity index (χ1v) is 6.57. The van der Waals surface area contributed by atoms with Gasteiger partial charge in [-0.25, -0.2) is 8.78 Å². The lowest BCUT2D eigenvalue weighted by Crippen LogP contribution is -2.40. The molecule has 106 valence electrons. The molecule has 5 heteroatoms. The van der Waals surface area contributed by atoms with E-state index in [0.29, 0.717) is 6.54 Å². The summed E-state index contributed by atoms with van der Waals surface area (Å²) in [7, 11) is 2.09. The van der Waals surface area contributed by atoms with Crippen molar-refractivity contribution in [1.82, 2.24) is 4.90 Å². The number of hydrogen-bond acceptors (Lipinski definition) is 3. The number of nitrogens with one attached hydrogen (secondary N) is 1. The summed E-state index contributed by atoms with van der Waals surface area (Å²) in [5, 5.41) is 2.99. The molecule has 0 bridgehead atoms. The SMILES string of the molecule is CN1CCC(C)(CNc2c(N)ccc(F)c2F)CC1. The number of benzene rings is 1. The van der Waals surface area contributed by atoms with Gasteiger partial charge in [0.1, 0.15) is 0 Å². The van der Waals surface area contributed by atoms with Crippen LogP contribution in [0.15, 0.2) is 12.1 Å². The fraction of sp³-hybridized carbons (Fsp3) is 0.571. The first-order chi connectivity index (χ1) is 8.91. The Bertz CT molecular complexity index is 454. The van der Waals surface area contributed by atoms with E-state index in [9.17, 15) is 8.78 Å². The van der Waals surface area contributed by atoms with Crippen LogP contribution in [0.25, 0.3) is 0 Å². The van der Waals surface area contributed by atoms with Gasteiger partial charge in [0.05, 0.1) is 11.4 Å². The maximum absolute atomic E-state index is 13.7. The van der Waals surface area contributed by atoms with Crippen LogP contribution < -0.4 is 11.1 Å². The van der Waals surface area contributed by atoms with Gasteiger partial charge in [-0.1, -0.05) is 6.92 Å². The van der Waals surface area contributed by atoms with Crippen molar-refractivity contribution < 1.29 is 8.78 Å². The van der Waals surface area contributed by atoms with Crippen LogP contribution in [-0.2, 0) is 0 Å². The van der Waals surface area contributed by atoms with E-state index in [1.54, 1.807) is 0 Å². The highest BCUT2D eigenvalue weighted by atomic mass is 19.2. The Kier molecular flexibility index (Phi) is 3.94. The molecule has 1 fully saturated rings. The van der Waals surface area contributed by atoms with Crippen molar-refractivity contribution in [1.29, 1.82) is 0 Å². The topological polar surface area (TPSA) is 41.3 Å². The Morgan fingerprint density at radius 1 is 1.32 bits per heavy atom. The van der Waals surface area contributed by atoms with Gasteiger partial charge in [0.2, 0.25) is 0 Å². The van der Waals surface area contributed by atoms with Crippen molar-refractivity contribution in [2.75, 3.05) is 37.7 Å². The summed E-state index contributed by atoms with van der Waals surface area (Å²) in [6.45, 7) is 4.82. The van der Waals surface area contributed by atoms with Crippen molar-refractivity contribution in [3.8, 4) is 0 Å². The molecule has 2 rings (SSSR count). The Labute approximate surface area is 112 Å². The average molecular weight is 269 g/mol. The van der Waals surface area contributed by atoms with Gasteiger partial charge in [-0.05, 0) is 50.5 Å². The van der Waals surface area contributed by atoms with Crippen molar-refractivity contribution in [2.24, 2.45) is 5.41 Å². The third-order valence-corrected chi connectivity index (χ3v) is 4.01. The molecule has 19 heavy (non-hydrogen) atoms. The molecule has 1 aliphatic rings. The summed E-state index contributed by atoms with van der Waals surface area (Å²) in [6.07, 6.45) is 2.07. The first-order valence-electron chi connectivity index (χ1n) is 6.57. The maximum Gasteiger partial charge on any atom is 0.183 e. The molecule has 3 N–H and O–H groups in total.